The second kappa shape index (κ2) is 3.53. The lowest BCUT2D eigenvalue weighted by Gasteiger charge is -2.27. The Balaban J connectivity index is 2.65. The fourth-order valence-corrected chi connectivity index (χ4v) is 2.32. The van der Waals surface area contributed by atoms with E-state index in [0.29, 0.717) is 18.5 Å². The smallest absolute Gasteiger partial charge is 0.122 e. The third-order valence-corrected chi connectivity index (χ3v) is 3.55. The first-order chi connectivity index (χ1) is 7.02. The number of ether oxygens (including phenoxy) is 1. The number of aromatic hydroxyl groups is 1. The highest BCUT2D eigenvalue weighted by Gasteiger charge is 2.22. The first kappa shape index (κ1) is 10.5. The molecule has 2 rings (SSSR count). The van der Waals surface area contributed by atoms with Crippen LogP contribution in [0.2, 0.25) is 0 Å². The monoisotopic (exact) mass is 206 g/mol. The van der Waals surface area contributed by atoms with Gasteiger partial charge in [0.1, 0.15) is 5.75 Å². The lowest BCUT2D eigenvalue weighted by atomic mass is 9.88. The van der Waals surface area contributed by atoms with E-state index in [4.69, 9.17) is 4.74 Å². The second-order valence-corrected chi connectivity index (χ2v) is 4.51. The molecule has 1 unspecified atom stereocenters. The SMILES string of the molecule is Cc1c(C)c2c(c(C)c1O)COC(C)C2. The van der Waals surface area contributed by atoms with Gasteiger partial charge in [0.05, 0.1) is 12.7 Å². The van der Waals surface area contributed by atoms with Crippen molar-refractivity contribution in [1.29, 1.82) is 0 Å². The van der Waals surface area contributed by atoms with Crippen molar-refractivity contribution in [3.05, 3.63) is 27.8 Å². The highest BCUT2D eigenvalue weighted by molar-refractivity contribution is 5.54. The molecule has 1 aromatic rings. The third kappa shape index (κ3) is 1.53. The maximum Gasteiger partial charge on any atom is 0.122 e. The van der Waals surface area contributed by atoms with Crippen LogP contribution in [0.4, 0.5) is 0 Å². The van der Waals surface area contributed by atoms with E-state index in [1.165, 1.54) is 16.7 Å². The van der Waals surface area contributed by atoms with E-state index in [1.54, 1.807) is 0 Å². The normalized spacial score (nSPS) is 20.1. The zero-order valence-corrected chi connectivity index (χ0v) is 9.85. The molecule has 0 saturated heterocycles. The predicted molar refractivity (Wildman–Crippen MR) is 60.3 cm³/mol. The Morgan fingerprint density at radius 2 is 1.73 bits per heavy atom. The van der Waals surface area contributed by atoms with E-state index in [-0.39, 0.29) is 0 Å². The van der Waals surface area contributed by atoms with Gasteiger partial charge in [-0.3, -0.25) is 0 Å². The molecule has 2 nitrogen and oxygen atoms in total. The van der Waals surface area contributed by atoms with E-state index in [1.807, 2.05) is 13.8 Å². The first-order valence-corrected chi connectivity index (χ1v) is 5.44. The van der Waals surface area contributed by atoms with Crippen molar-refractivity contribution in [1.82, 2.24) is 0 Å². The van der Waals surface area contributed by atoms with Gasteiger partial charge in [0.2, 0.25) is 0 Å². The standard InChI is InChI=1S/C13H18O2/c1-7-5-11-8(2)9(3)13(14)10(4)12(11)6-15-7/h7,14H,5-6H2,1-4H3. The topological polar surface area (TPSA) is 29.5 Å². The molecule has 1 heterocycles. The van der Waals surface area contributed by atoms with Crippen molar-refractivity contribution in [3.8, 4) is 5.75 Å². The minimum absolute atomic E-state index is 0.291. The van der Waals surface area contributed by atoms with Gasteiger partial charge in [-0.25, -0.2) is 0 Å². The van der Waals surface area contributed by atoms with Gasteiger partial charge < -0.3 is 9.84 Å². The van der Waals surface area contributed by atoms with Crippen molar-refractivity contribution in [3.63, 3.8) is 0 Å². The quantitative estimate of drug-likeness (QED) is 0.707. The molecule has 0 saturated carbocycles. The number of phenols is 1. The van der Waals surface area contributed by atoms with E-state index in [0.717, 1.165) is 17.5 Å². The Morgan fingerprint density at radius 1 is 1.07 bits per heavy atom. The number of rotatable bonds is 0. The summed E-state index contributed by atoms with van der Waals surface area (Å²) in [7, 11) is 0. The van der Waals surface area contributed by atoms with Gasteiger partial charge in [0.25, 0.3) is 0 Å². The highest BCUT2D eigenvalue weighted by atomic mass is 16.5. The molecule has 15 heavy (non-hydrogen) atoms. The van der Waals surface area contributed by atoms with Crippen LogP contribution < -0.4 is 0 Å². The van der Waals surface area contributed by atoms with Crippen LogP contribution in [0, 0.1) is 20.8 Å². The summed E-state index contributed by atoms with van der Waals surface area (Å²) in [6.45, 7) is 8.78. The molecule has 0 spiro atoms. The van der Waals surface area contributed by atoms with Crippen LogP contribution in [0.5, 0.6) is 5.75 Å². The molecule has 0 amide bonds. The minimum atomic E-state index is 0.291. The van der Waals surface area contributed by atoms with Crippen molar-refractivity contribution in [2.45, 2.75) is 46.8 Å². The second-order valence-electron chi connectivity index (χ2n) is 4.51. The molecule has 1 aliphatic heterocycles. The number of benzene rings is 1. The molecule has 1 aromatic carbocycles. The summed E-state index contributed by atoms with van der Waals surface area (Å²) < 4.78 is 5.62. The van der Waals surface area contributed by atoms with Crippen LogP contribution in [0.15, 0.2) is 0 Å². The molecule has 0 aliphatic carbocycles. The average molecular weight is 206 g/mol. The minimum Gasteiger partial charge on any atom is -0.507 e. The Morgan fingerprint density at radius 3 is 2.40 bits per heavy atom. The Hall–Kier alpha value is -1.02. The molecule has 0 radical (unpaired) electrons. The van der Waals surface area contributed by atoms with Gasteiger partial charge >= 0.3 is 0 Å². The van der Waals surface area contributed by atoms with Gasteiger partial charge in [0.15, 0.2) is 0 Å². The van der Waals surface area contributed by atoms with Gasteiger partial charge in [0, 0.05) is 0 Å². The highest BCUT2D eigenvalue weighted by Crippen LogP contribution is 2.35. The molecule has 1 atom stereocenters. The number of hydrogen-bond donors (Lipinski definition) is 1. The lowest BCUT2D eigenvalue weighted by Crippen LogP contribution is -2.21. The molecule has 2 heteroatoms. The van der Waals surface area contributed by atoms with Gasteiger partial charge in [-0.1, -0.05) is 0 Å². The summed E-state index contributed by atoms with van der Waals surface area (Å²) in [5.41, 5.74) is 5.79. The zero-order valence-electron chi connectivity index (χ0n) is 9.85. The fourth-order valence-electron chi connectivity index (χ4n) is 2.32. The van der Waals surface area contributed by atoms with Gasteiger partial charge in [-0.05, 0) is 61.9 Å². The van der Waals surface area contributed by atoms with Crippen LogP contribution in [0.25, 0.3) is 0 Å². The first-order valence-electron chi connectivity index (χ1n) is 5.44. The molecule has 1 N–H and O–H groups in total. The number of fused-ring (bicyclic) bond motifs is 1. The predicted octanol–water partition coefficient (Wildman–Crippen LogP) is 2.78. The zero-order chi connectivity index (χ0) is 11.2. The Kier molecular flexibility index (Phi) is 2.47. The van der Waals surface area contributed by atoms with Crippen molar-refractivity contribution in [2.24, 2.45) is 0 Å². The lowest BCUT2D eigenvalue weighted by molar-refractivity contribution is 0.0402. The van der Waals surface area contributed by atoms with Gasteiger partial charge in [-0.2, -0.15) is 0 Å². The van der Waals surface area contributed by atoms with Crippen LogP contribution >= 0.6 is 0 Å². The van der Waals surface area contributed by atoms with Gasteiger partial charge in [-0.15, -0.1) is 0 Å². The molecule has 0 aromatic heterocycles. The third-order valence-electron chi connectivity index (χ3n) is 3.55. The molecular formula is C13H18O2. The largest absolute Gasteiger partial charge is 0.507 e. The maximum absolute atomic E-state index is 9.95. The van der Waals surface area contributed by atoms with Crippen LogP contribution in [0.1, 0.15) is 34.7 Å². The van der Waals surface area contributed by atoms with Crippen LogP contribution in [0.3, 0.4) is 0 Å². The maximum atomic E-state index is 9.95. The van der Waals surface area contributed by atoms with Crippen molar-refractivity contribution >= 4 is 0 Å². The Labute approximate surface area is 90.9 Å². The van der Waals surface area contributed by atoms with E-state index in [2.05, 4.69) is 13.8 Å². The van der Waals surface area contributed by atoms with Crippen LogP contribution in [-0.4, -0.2) is 11.2 Å². The summed E-state index contributed by atoms with van der Waals surface area (Å²) in [6, 6.07) is 0. The van der Waals surface area contributed by atoms with Crippen molar-refractivity contribution in [2.75, 3.05) is 0 Å². The van der Waals surface area contributed by atoms with E-state index < -0.39 is 0 Å². The molecule has 82 valence electrons. The van der Waals surface area contributed by atoms with Crippen LogP contribution in [-0.2, 0) is 17.8 Å². The number of hydrogen-bond acceptors (Lipinski definition) is 2. The summed E-state index contributed by atoms with van der Waals surface area (Å²) in [6.07, 6.45) is 1.25. The summed E-state index contributed by atoms with van der Waals surface area (Å²) >= 11 is 0. The van der Waals surface area contributed by atoms with E-state index in [9.17, 15) is 5.11 Å². The fraction of sp³-hybridized carbons (Fsp3) is 0.538. The number of phenolic OH excluding ortho intramolecular Hbond substituents is 1. The summed E-state index contributed by atoms with van der Waals surface area (Å²) in [4.78, 5) is 0. The molecule has 1 aliphatic rings. The van der Waals surface area contributed by atoms with Crippen molar-refractivity contribution < 1.29 is 9.84 Å². The summed E-state index contributed by atoms with van der Waals surface area (Å²) in [5, 5.41) is 9.95. The van der Waals surface area contributed by atoms with E-state index >= 15 is 0 Å². The average Bonchev–Trinajstić information content (AvgIpc) is 2.23. The molecule has 0 bridgehead atoms. The molecular weight excluding hydrogens is 188 g/mol. The molecule has 0 fully saturated rings. The Bertz CT molecular complexity index is 408. The summed E-state index contributed by atoms with van der Waals surface area (Å²) in [5.74, 6) is 0.435.